The molecule has 1 fully saturated rings. The number of aliphatic hydroxyl groups excluding tert-OH is 2. The summed E-state index contributed by atoms with van der Waals surface area (Å²) in [5, 5.41) is 36.8. The van der Waals surface area contributed by atoms with Gasteiger partial charge in [-0.15, -0.1) is 0 Å². The van der Waals surface area contributed by atoms with Gasteiger partial charge in [-0.3, -0.25) is 19.3 Å². The van der Waals surface area contributed by atoms with E-state index in [2.05, 4.69) is 17.4 Å². The number of phenols is 1. The normalized spacial score (nSPS) is 23.0. The lowest BCUT2D eigenvalue weighted by molar-refractivity contribution is -0.136. The van der Waals surface area contributed by atoms with E-state index in [0.29, 0.717) is 24.9 Å². The predicted octanol–water partition coefficient (Wildman–Crippen LogP) is 3.81. The molecule has 226 valence electrons. The first kappa shape index (κ1) is 29.3. The molecular weight excluding hydrogens is 558 g/mol. The number of ketones is 2. The molecule has 3 unspecified atom stereocenters. The maximum Gasteiger partial charge on any atom is 0.255 e. The second-order valence-electron chi connectivity index (χ2n) is 12.1. The number of primary amides is 1. The highest BCUT2D eigenvalue weighted by Gasteiger charge is 2.55. The van der Waals surface area contributed by atoms with Crippen molar-refractivity contribution in [2.24, 2.45) is 23.5 Å². The van der Waals surface area contributed by atoms with Gasteiger partial charge in [-0.05, 0) is 72.7 Å². The average Bonchev–Trinajstić information content (AvgIpc) is 2.97. The number of likely N-dealkylation sites (N-methyl/N-ethyl adjacent to an activating group) is 1. The SMILES string of the molecule is CN(C)[C@@H]1C(O)=C(C(N)=O)C(=O)C2C(=O)C3=C(O)c4c(O)ccc(-c5ccc(CNCc6ccccc6)cc5)c4CC3CC21. The van der Waals surface area contributed by atoms with Crippen LogP contribution in [0.5, 0.6) is 5.75 Å². The number of amides is 1. The summed E-state index contributed by atoms with van der Waals surface area (Å²) >= 11 is 0. The van der Waals surface area contributed by atoms with Crippen molar-refractivity contribution in [1.29, 1.82) is 0 Å². The Bertz CT molecular complexity index is 1730. The average molecular weight is 594 g/mol. The third-order valence-electron chi connectivity index (χ3n) is 9.21. The molecule has 0 aromatic heterocycles. The number of nitrogens with zero attached hydrogens (tertiary/aromatic N) is 1. The molecule has 3 aliphatic rings. The topological polar surface area (TPSA) is 153 Å². The minimum atomic E-state index is -1.27. The van der Waals surface area contributed by atoms with E-state index in [1.165, 1.54) is 11.6 Å². The number of rotatable bonds is 7. The molecule has 0 spiro atoms. The fourth-order valence-electron chi connectivity index (χ4n) is 7.29. The van der Waals surface area contributed by atoms with E-state index in [4.69, 9.17) is 5.73 Å². The van der Waals surface area contributed by atoms with E-state index >= 15 is 0 Å². The number of allylic oxidation sites excluding steroid dienone is 1. The summed E-state index contributed by atoms with van der Waals surface area (Å²) < 4.78 is 0. The van der Waals surface area contributed by atoms with Crippen LogP contribution < -0.4 is 11.1 Å². The molecule has 9 nitrogen and oxygen atoms in total. The van der Waals surface area contributed by atoms with Crippen molar-refractivity contribution in [3.63, 3.8) is 0 Å². The number of hydrogen-bond donors (Lipinski definition) is 5. The molecular formula is C35H35N3O6. The Balaban J connectivity index is 1.33. The zero-order valence-electron chi connectivity index (χ0n) is 24.6. The Kier molecular flexibility index (Phi) is 7.61. The number of nitrogens with one attached hydrogen (secondary N) is 1. The van der Waals surface area contributed by atoms with Gasteiger partial charge in [-0.25, -0.2) is 0 Å². The fraction of sp³-hybridized carbons (Fsp3) is 0.286. The number of fused-ring (bicyclic) bond motifs is 3. The smallest absolute Gasteiger partial charge is 0.255 e. The maximum atomic E-state index is 13.9. The largest absolute Gasteiger partial charge is 0.510 e. The predicted molar refractivity (Wildman–Crippen MR) is 165 cm³/mol. The Morgan fingerprint density at radius 1 is 0.909 bits per heavy atom. The highest BCUT2D eigenvalue weighted by molar-refractivity contribution is 6.28. The quantitative estimate of drug-likeness (QED) is 0.205. The maximum absolute atomic E-state index is 13.9. The molecule has 6 N–H and O–H groups in total. The van der Waals surface area contributed by atoms with Crippen LogP contribution in [0.4, 0.5) is 0 Å². The second-order valence-corrected chi connectivity index (χ2v) is 12.1. The zero-order chi connectivity index (χ0) is 31.3. The zero-order valence-corrected chi connectivity index (χ0v) is 24.6. The van der Waals surface area contributed by atoms with Gasteiger partial charge in [-0.1, -0.05) is 60.7 Å². The molecule has 3 aromatic rings. The number of phenolic OH excluding ortho intramolecular Hbond substituents is 1. The lowest BCUT2D eigenvalue weighted by Crippen LogP contribution is -2.55. The summed E-state index contributed by atoms with van der Waals surface area (Å²) in [4.78, 5) is 41.1. The van der Waals surface area contributed by atoms with Gasteiger partial charge in [0, 0.05) is 18.7 Å². The summed E-state index contributed by atoms with van der Waals surface area (Å²) in [5.74, 6) is -5.83. The van der Waals surface area contributed by atoms with E-state index in [1.807, 2.05) is 48.5 Å². The van der Waals surface area contributed by atoms with E-state index in [0.717, 1.165) is 23.2 Å². The minimum Gasteiger partial charge on any atom is -0.510 e. The van der Waals surface area contributed by atoms with Gasteiger partial charge in [0.1, 0.15) is 22.8 Å². The van der Waals surface area contributed by atoms with Crippen molar-refractivity contribution in [3.8, 4) is 16.9 Å². The lowest BCUT2D eigenvalue weighted by atomic mass is 9.59. The van der Waals surface area contributed by atoms with Crippen LogP contribution in [0.2, 0.25) is 0 Å². The van der Waals surface area contributed by atoms with E-state index in [9.17, 15) is 29.7 Å². The number of Topliss-reactive ketones (excluding diaryl/α,β-unsaturated/α-hetero) is 2. The van der Waals surface area contributed by atoms with Crippen LogP contribution in [0.15, 0.2) is 83.6 Å². The third-order valence-corrected chi connectivity index (χ3v) is 9.21. The summed E-state index contributed by atoms with van der Waals surface area (Å²) in [6.07, 6.45) is 0.649. The standard InChI is InChI=1S/C35H35N3O6/c1-38(2)30-24-15-21-14-23-22(20-10-8-19(9-11-20)17-37-16-18-6-4-3-5-7-18)12-13-25(39)27(23)31(40)26(21)32(41)28(24)33(42)29(34(30)43)35(36)44/h3-13,21,24,28,30,37,39-40,43H,14-17H2,1-2H3,(H2,36,44)/t21?,24?,28?,30-/m0/s1. The fourth-order valence-corrected chi connectivity index (χ4v) is 7.29. The molecule has 4 atom stereocenters. The van der Waals surface area contributed by atoms with Gasteiger partial charge in [0.25, 0.3) is 5.91 Å². The minimum absolute atomic E-state index is 0.0714. The van der Waals surface area contributed by atoms with Crippen molar-refractivity contribution >= 4 is 23.2 Å². The molecule has 3 aliphatic carbocycles. The third kappa shape index (κ3) is 4.88. The van der Waals surface area contributed by atoms with Gasteiger partial charge in [0.05, 0.1) is 17.5 Å². The number of hydrogen-bond acceptors (Lipinski definition) is 8. The molecule has 1 amide bonds. The van der Waals surface area contributed by atoms with Gasteiger partial charge in [0.2, 0.25) is 0 Å². The summed E-state index contributed by atoms with van der Waals surface area (Å²) in [7, 11) is 3.40. The van der Waals surface area contributed by atoms with E-state index < -0.39 is 52.6 Å². The number of carbonyl (C=O) groups excluding carboxylic acids is 3. The molecule has 0 radical (unpaired) electrons. The van der Waals surface area contributed by atoms with Crippen LogP contribution in [-0.2, 0) is 33.9 Å². The van der Waals surface area contributed by atoms with Crippen LogP contribution in [0, 0.1) is 17.8 Å². The summed E-state index contributed by atoms with van der Waals surface area (Å²) in [6, 6.07) is 20.8. The summed E-state index contributed by atoms with van der Waals surface area (Å²) in [5.41, 5.74) is 9.85. The second kappa shape index (κ2) is 11.4. The van der Waals surface area contributed by atoms with E-state index in [1.54, 1.807) is 19.0 Å². The molecule has 1 saturated carbocycles. The number of aromatic hydroxyl groups is 1. The van der Waals surface area contributed by atoms with Crippen LogP contribution >= 0.6 is 0 Å². The van der Waals surface area contributed by atoms with Crippen molar-refractivity contribution in [1.82, 2.24) is 10.2 Å². The monoisotopic (exact) mass is 593 g/mol. The van der Waals surface area contributed by atoms with Gasteiger partial charge >= 0.3 is 0 Å². The molecule has 0 aliphatic heterocycles. The van der Waals surface area contributed by atoms with Gasteiger partial charge < -0.3 is 26.4 Å². The Hall–Kier alpha value is -4.73. The molecule has 3 aromatic carbocycles. The molecule has 0 heterocycles. The molecule has 0 bridgehead atoms. The molecule has 44 heavy (non-hydrogen) atoms. The van der Waals surface area contributed by atoms with Crippen molar-refractivity contribution in [2.45, 2.75) is 32.0 Å². The lowest BCUT2D eigenvalue weighted by Gasteiger charge is -2.46. The van der Waals surface area contributed by atoms with Crippen LogP contribution in [0.25, 0.3) is 16.9 Å². The van der Waals surface area contributed by atoms with Crippen LogP contribution in [-0.4, -0.2) is 57.8 Å². The highest BCUT2D eigenvalue weighted by atomic mass is 16.3. The van der Waals surface area contributed by atoms with Gasteiger partial charge in [-0.2, -0.15) is 0 Å². The Labute approximate surface area is 255 Å². The molecule has 6 rings (SSSR count). The number of aliphatic hydroxyl groups is 2. The van der Waals surface area contributed by atoms with Gasteiger partial charge in [0.15, 0.2) is 11.6 Å². The number of nitrogens with two attached hydrogens (primary N) is 1. The summed E-state index contributed by atoms with van der Waals surface area (Å²) in [6.45, 7) is 1.44. The van der Waals surface area contributed by atoms with Crippen LogP contribution in [0.1, 0.15) is 28.7 Å². The van der Waals surface area contributed by atoms with Crippen molar-refractivity contribution in [3.05, 3.63) is 106 Å². The Morgan fingerprint density at radius 2 is 1.57 bits per heavy atom. The molecule has 0 saturated heterocycles. The first-order valence-corrected chi connectivity index (χ1v) is 14.7. The van der Waals surface area contributed by atoms with E-state index in [-0.39, 0.29) is 22.6 Å². The highest BCUT2D eigenvalue weighted by Crippen LogP contribution is 2.51. The number of benzene rings is 3. The van der Waals surface area contributed by atoms with Crippen molar-refractivity contribution < 1.29 is 29.7 Å². The Morgan fingerprint density at radius 3 is 2.20 bits per heavy atom. The number of carbonyl (C=O) groups is 3. The molecule has 9 heteroatoms. The first-order chi connectivity index (χ1) is 21.1. The van der Waals surface area contributed by atoms with Crippen molar-refractivity contribution in [2.75, 3.05) is 14.1 Å². The van der Waals surface area contributed by atoms with Crippen LogP contribution in [0.3, 0.4) is 0 Å². The first-order valence-electron chi connectivity index (χ1n) is 14.7.